The van der Waals surface area contributed by atoms with Crippen LogP contribution in [0.2, 0.25) is 0 Å². The molecule has 10 nitrogen and oxygen atoms in total. The van der Waals surface area contributed by atoms with Gasteiger partial charge in [-0.2, -0.15) is 0 Å². The molecule has 1 aromatic rings. The Morgan fingerprint density at radius 1 is 1.06 bits per heavy atom. The molecule has 1 aromatic carbocycles. The second-order valence-corrected chi connectivity index (χ2v) is 8.88. The van der Waals surface area contributed by atoms with E-state index in [9.17, 15) is 19.2 Å². The largest absolute Gasteiger partial charge is 0.480 e. The highest BCUT2D eigenvalue weighted by Crippen LogP contribution is 2.08. The molecule has 182 valence electrons. The van der Waals surface area contributed by atoms with Crippen LogP contribution in [0, 0.1) is 0 Å². The number of thioether (sulfide) groups is 1. The Balaban J connectivity index is 2.43. The zero-order chi connectivity index (χ0) is 24.6. The normalized spacial score (nSPS) is 12.3. The lowest BCUT2D eigenvalue weighted by molar-refractivity contribution is -0.139. The Kier molecular flexibility index (Phi) is 13.7. The van der Waals surface area contributed by atoms with E-state index in [0.717, 1.165) is 31.0 Å². The van der Waals surface area contributed by atoms with Crippen molar-refractivity contribution < 1.29 is 29.4 Å². The molecule has 2 atom stereocenters. The molecule has 33 heavy (non-hydrogen) atoms. The zero-order valence-corrected chi connectivity index (χ0v) is 19.8. The predicted molar refractivity (Wildman–Crippen MR) is 130 cm³/mol. The third-order valence-electron chi connectivity index (χ3n) is 4.45. The summed E-state index contributed by atoms with van der Waals surface area (Å²) in [7, 11) is 0. The van der Waals surface area contributed by atoms with Crippen LogP contribution in [0.25, 0.3) is 0 Å². The number of nitrogens with two attached hydrogens (primary N) is 1. The van der Waals surface area contributed by atoms with E-state index in [-0.39, 0.29) is 18.6 Å². The number of nitrogens with one attached hydrogen (secondary N) is 3. The minimum Gasteiger partial charge on any atom is -0.480 e. The van der Waals surface area contributed by atoms with Crippen molar-refractivity contribution in [1.82, 2.24) is 16.0 Å². The number of thiocarbonyl (C=S) groups is 1. The fraction of sp³-hybridized carbons (Fsp3) is 0.476. The summed E-state index contributed by atoms with van der Waals surface area (Å²) in [6, 6.07) is 7.90. The number of amides is 2. The van der Waals surface area contributed by atoms with Crippen LogP contribution < -0.4 is 21.7 Å². The van der Waals surface area contributed by atoms with Crippen molar-refractivity contribution in [2.24, 2.45) is 5.73 Å². The number of carbonyl (C=O) groups is 4. The molecular weight excluding hydrogens is 468 g/mol. The molecule has 2 amide bonds. The highest BCUT2D eigenvalue weighted by atomic mass is 32.2. The van der Waals surface area contributed by atoms with Gasteiger partial charge in [0.15, 0.2) is 0 Å². The fourth-order valence-corrected chi connectivity index (χ4v) is 3.71. The molecule has 0 aliphatic rings. The molecule has 0 aromatic heterocycles. The second kappa shape index (κ2) is 16.0. The van der Waals surface area contributed by atoms with Crippen LogP contribution in [0.1, 0.15) is 31.2 Å². The number of benzene rings is 1. The molecule has 12 heteroatoms. The number of aliphatic carboxylic acids is 2. The van der Waals surface area contributed by atoms with Crippen molar-refractivity contribution in [2.75, 3.05) is 18.8 Å². The van der Waals surface area contributed by atoms with Gasteiger partial charge in [-0.25, -0.2) is 0 Å². The summed E-state index contributed by atoms with van der Waals surface area (Å²) >= 11 is 6.42. The van der Waals surface area contributed by atoms with E-state index in [4.69, 9.17) is 28.2 Å². The SMILES string of the molecule is NC(CCC(=O)NC(CSC(=S)NCCCCc1ccccc1)C(=O)NCC(=O)O)C(=O)O. The highest BCUT2D eigenvalue weighted by Gasteiger charge is 2.23. The van der Waals surface area contributed by atoms with Crippen LogP contribution in [0.3, 0.4) is 0 Å². The lowest BCUT2D eigenvalue weighted by Crippen LogP contribution is -2.49. The maximum atomic E-state index is 12.3. The van der Waals surface area contributed by atoms with Crippen molar-refractivity contribution in [3.05, 3.63) is 35.9 Å². The van der Waals surface area contributed by atoms with Crippen molar-refractivity contribution >= 4 is 52.1 Å². The molecule has 0 saturated carbocycles. The van der Waals surface area contributed by atoms with Crippen molar-refractivity contribution in [3.8, 4) is 0 Å². The Labute approximate surface area is 202 Å². The molecule has 7 N–H and O–H groups in total. The first-order valence-electron chi connectivity index (χ1n) is 10.4. The molecule has 0 spiro atoms. The molecule has 0 aliphatic heterocycles. The fourth-order valence-electron chi connectivity index (χ4n) is 2.64. The summed E-state index contributed by atoms with van der Waals surface area (Å²) in [5.74, 6) is -3.61. The summed E-state index contributed by atoms with van der Waals surface area (Å²) < 4.78 is 0.452. The summed E-state index contributed by atoms with van der Waals surface area (Å²) in [5, 5.41) is 25.3. The minimum absolute atomic E-state index is 0.0814. The quantitative estimate of drug-likeness (QED) is 0.148. The summed E-state index contributed by atoms with van der Waals surface area (Å²) in [4.78, 5) is 45.9. The van der Waals surface area contributed by atoms with E-state index in [1.165, 1.54) is 5.56 Å². The van der Waals surface area contributed by atoms with Gasteiger partial charge in [0, 0.05) is 18.7 Å². The number of hydrogen-bond acceptors (Lipinski definition) is 7. The number of hydrogen-bond donors (Lipinski definition) is 6. The van der Waals surface area contributed by atoms with E-state index in [1.807, 2.05) is 18.2 Å². The predicted octanol–water partition coefficient (Wildman–Crippen LogP) is 0.495. The molecule has 2 unspecified atom stereocenters. The smallest absolute Gasteiger partial charge is 0.322 e. The molecule has 1 rings (SSSR count). The lowest BCUT2D eigenvalue weighted by Gasteiger charge is -2.18. The van der Waals surface area contributed by atoms with Gasteiger partial charge in [0.25, 0.3) is 0 Å². The van der Waals surface area contributed by atoms with Crippen molar-refractivity contribution in [2.45, 2.75) is 44.2 Å². The third-order valence-corrected chi connectivity index (χ3v) is 5.86. The van der Waals surface area contributed by atoms with Crippen molar-refractivity contribution in [3.63, 3.8) is 0 Å². The summed E-state index contributed by atoms with van der Waals surface area (Å²) in [6.07, 6.45) is 2.56. The van der Waals surface area contributed by atoms with Crippen LogP contribution >= 0.6 is 24.0 Å². The zero-order valence-electron chi connectivity index (χ0n) is 18.1. The lowest BCUT2D eigenvalue weighted by atomic mass is 10.1. The van der Waals surface area contributed by atoms with Crippen LogP contribution in [0.15, 0.2) is 30.3 Å². The van der Waals surface area contributed by atoms with E-state index < -0.39 is 42.4 Å². The monoisotopic (exact) mass is 498 g/mol. The van der Waals surface area contributed by atoms with Gasteiger partial charge < -0.3 is 31.9 Å². The van der Waals surface area contributed by atoms with Gasteiger partial charge in [-0.3, -0.25) is 19.2 Å². The molecule has 0 saturated heterocycles. The maximum absolute atomic E-state index is 12.3. The molecule has 0 fully saturated rings. The van der Waals surface area contributed by atoms with Crippen LogP contribution in [-0.4, -0.2) is 69.2 Å². The van der Waals surface area contributed by atoms with E-state index in [0.29, 0.717) is 10.9 Å². The summed E-state index contributed by atoms with van der Waals surface area (Å²) in [5.41, 5.74) is 6.65. The number of unbranched alkanes of at least 4 members (excludes halogenated alkanes) is 1. The number of aryl methyl sites for hydroxylation is 1. The van der Waals surface area contributed by atoms with E-state index in [1.54, 1.807) is 0 Å². The Hall–Kier alpha value is -2.70. The summed E-state index contributed by atoms with van der Waals surface area (Å²) in [6.45, 7) is 0.0673. The molecular formula is C21H30N4O6S2. The average molecular weight is 499 g/mol. The first-order valence-corrected chi connectivity index (χ1v) is 11.8. The number of carboxylic acid groups (broad SMARTS) is 2. The standard InChI is InChI=1S/C21H30N4O6S2/c22-15(20(30)31)9-10-17(26)25-16(19(29)24-12-18(27)28)13-33-21(32)23-11-5-4-8-14-6-2-1-3-7-14/h1-3,6-7,15-16H,4-5,8-13,22H2,(H,23,32)(H,24,29)(H,25,26)(H,27,28)(H,30,31). The van der Waals surface area contributed by atoms with Crippen molar-refractivity contribution in [1.29, 1.82) is 0 Å². The minimum atomic E-state index is -1.23. The van der Waals surface area contributed by atoms with Gasteiger partial charge in [-0.1, -0.05) is 54.3 Å². The van der Waals surface area contributed by atoms with Gasteiger partial charge in [-0.05, 0) is 31.2 Å². The molecule has 0 aliphatic carbocycles. The van der Waals surface area contributed by atoms with Crippen LogP contribution in [-0.2, 0) is 25.6 Å². The average Bonchev–Trinajstić information content (AvgIpc) is 2.78. The topological polar surface area (TPSA) is 171 Å². The second-order valence-electron chi connectivity index (χ2n) is 7.18. The van der Waals surface area contributed by atoms with Gasteiger partial charge in [0.2, 0.25) is 11.8 Å². The number of rotatable bonds is 15. The highest BCUT2D eigenvalue weighted by molar-refractivity contribution is 8.23. The first kappa shape index (κ1) is 28.3. The van der Waals surface area contributed by atoms with Gasteiger partial charge in [0.05, 0.1) is 0 Å². The van der Waals surface area contributed by atoms with Gasteiger partial charge >= 0.3 is 11.9 Å². The first-order chi connectivity index (χ1) is 15.7. The van der Waals surface area contributed by atoms with Crippen LogP contribution in [0.4, 0.5) is 0 Å². The third kappa shape index (κ3) is 13.4. The van der Waals surface area contributed by atoms with Gasteiger partial charge in [0.1, 0.15) is 22.9 Å². The van der Waals surface area contributed by atoms with E-state index in [2.05, 4.69) is 28.1 Å². The van der Waals surface area contributed by atoms with Crippen LogP contribution in [0.5, 0.6) is 0 Å². The molecule has 0 heterocycles. The van der Waals surface area contributed by atoms with Gasteiger partial charge in [-0.15, -0.1) is 0 Å². The number of carboxylic acids is 2. The molecule has 0 bridgehead atoms. The Morgan fingerprint density at radius 3 is 2.39 bits per heavy atom. The van der Waals surface area contributed by atoms with E-state index >= 15 is 0 Å². The molecule has 0 radical (unpaired) electrons. The maximum Gasteiger partial charge on any atom is 0.322 e. The Morgan fingerprint density at radius 2 is 1.76 bits per heavy atom. The Bertz CT molecular complexity index is 809. The number of carbonyl (C=O) groups excluding carboxylic acids is 2.